The first-order valence-electron chi connectivity index (χ1n) is 6.22. The molecule has 0 aliphatic carbocycles. The Bertz CT molecular complexity index is 742. The molecule has 0 aliphatic heterocycles. The minimum Gasteiger partial charge on any atom is -0.478 e. The normalized spacial score (nSPS) is 10.4. The predicted octanol–water partition coefficient (Wildman–Crippen LogP) is 4.31. The van der Waals surface area contributed by atoms with Gasteiger partial charge in [0.1, 0.15) is 5.76 Å². The quantitative estimate of drug-likeness (QED) is 0.766. The molecule has 3 rings (SSSR count). The lowest BCUT2D eigenvalue weighted by molar-refractivity contribution is 0.0697. The van der Waals surface area contributed by atoms with E-state index in [0.29, 0.717) is 11.1 Å². The number of carboxylic acids is 1. The molecule has 2 aromatic carbocycles. The van der Waals surface area contributed by atoms with E-state index in [0.717, 1.165) is 16.9 Å². The Labute approximate surface area is 116 Å². The minimum absolute atomic E-state index is 0.295. The number of hydrogen-bond donors (Lipinski definition) is 1. The first-order valence-corrected chi connectivity index (χ1v) is 6.22. The zero-order valence-electron chi connectivity index (χ0n) is 10.6. The second-order valence-corrected chi connectivity index (χ2v) is 4.41. The molecule has 3 aromatic rings. The molecule has 0 spiro atoms. The summed E-state index contributed by atoms with van der Waals surface area (Å²) in [4.78, 5) is 11.3. The van der Waals surface area contributed by atoms with Gasteiger partial charge >= 0.3 is 5.97 Å². The minimum atomic E-state index is -0.927. The maximum Gasteiger partial charge on any atom is 0.336 e. The monoisotopic (exact) mass is 264 g/mol. The molecule has 1 N–H and O–H groups in total. The van der Waals surface area contributed by atoms with Gasteiger partial charge in [0.25, 0.3) is 0 Å². The summed E-state index contributed by atoms with van der Waals surface area (Å²) < 4.78 is 5.37. The van der Waals surface area contributed by atoms with Gasteiger partial charge in [0.2, 0.25) is 0 Å². The number of furan rings is 1. The van der Waals surface area contributed by atoms with E-state index in [2.05, 4.69) is 0 Å². The standard InChI is InChI=1S/C17H12O3/c18-17(19)15-8-2-1-7-14(15)12-5-3-6-13(11-12)16-9-4-10-20-16/h1-11H,(H,18,19). The van der Waals surface area contributed by atoms with Gasteiger partial charge in [0.15, 0.2) is 0 Å². The summed E-state index contributed by atoms with van der Waals surface area (Å²) in [5, 5.41) is 9.26. The van der Waals surface area contributed by atoms with Crippen LogP contribution in [0.15, 0.2) is 71.3 Å². The van der Waals surface area contributed by atoms with Crippen LogP contribution in [-0.4, -0.2) is 11.1 Å². The van der Waals surface area contributed by atoms with E-state index in [9.17, 15) is 9.90 Å². The number of carbonyl (C=O) groups is 1. The summed E-state index contributed by atoms with van der Waals surface area (Å²) in [5.41, 5.74) is 2.78. The Morgan fingerprint density at radius 3 is 2.45 bits per heavy atom. The summed E-state index contributed by atoms with van der Waals surface area (Å²) in [6.45, 7) is 0. The first kappa shape index (κ1) is 12.2. The van der Waals surface area contributed by atoms with E-state index in [4.69, 9.17) is 4.42 Å². The molecular weight excluding hydrogens is 252 g/mol. The molecule has 0 bridgehead atoms. The number of hydrogen-bond acceptors (Lipinski definition) is 2. The third-order valence-corrected chi connectivity index (χ3v) is 3.14. The average molecular weight is 264 g/mol. The van der Waals surface area contributed by atoms with Gasteiger partial charge in [-0.05, 0) is 35.4 Å². The zero-order valence-corrected chi connectivity index (χ0v) is 10.6. The SMILES string of the molecule is O=C(O)c1ccccc1-c1cccc(-c2ccco2)c1. The summed E-state index contributed by atoms with van der Waals surface area (Å²) in [6, 6.07) is 18.3. The fourth-order valence-corrected chi connectivity index (χ4v) is 2.20. The van der Waals surface area contributed by atoms with Crippen molar-refractivity contribution in [3.8, 4) is 22.5 Å². The van der Waals surface area contributed by atoms with Crippen molar-refractivity contribution in [1.29, 1.82) is 0 Å². The van der Waals surface area contributed by atoms with E-state index >= 15 is 0 Å². The van der Waals surface area contributed by atoms with Crippen molar-refractivity contribution in [2.45, 2.75) is 0 Å². The third-order valence-electron chi connectivity index (χ3n) is 3.14. The van der Waals surface area contributed by atoms with Crippen molar-refractivity contribution < 1.29 is 14.3 Å². The van der Waals surface area contributed by atoms with E-state index < -0.39 is 5.97 Å². The van der Waals surface area contributed by atoms with Gasteiger partial charge in [-0.1, -0.05) is 36.4 Å². The molecule has 0 fully saturated rings. The van der Waals surface area contributed by atoms with Crippen molar-refractivity contribution in [3.05, 3.63) is 72.5 Å². The number of carboxylic acid groups (broad SMARTS) is 1. The van der Waals surface area contributed by atoms with Gasteiger partial charge in [0, 0.05) is 5.56 Å². The predicted molar refractivity (Wildman–Crippen MR) is 76.5 cm³/mol. The molecule has 0 unspecified atom stereocenters. The smallest absolute Gasteiger partial charge is 0.336 e. The Kier molecular flexibility index (Phi) is 3.09. The third kappa shape index (κ3) is 2.21. The first-order chi connectivity index (χ1) is 9.75. The van der Waals surface area contributed by atoms with Crippen LogP contribution in [0.1, 0.15) is 10.4 Å². The van der Waals surface area contributed by atoms with E-state index in [1.165, 1.54) is 0 Å². The second kappa shape index (κ2) is 5.05. The Morgan fingerprint density at radius 2 is 1.70 bits per heavy atom. The van der Waals surface area contributed by atoms with Gasteiger partial charge in [-0.25, -0.2) is 4.79 Å². The highest BCUT2D eigenvalue weighted by atomic mass is 16.4. The molecule has 0 saturated heterocycles. The summed E-state index contributed by atoms with van der Waals surface area (Å²) in [7, 11) is 0. The highest BCUT2D eigenvalue weighted by Crippen LogP contribution is 2.28. The lowest BCUT2D eigenvalue weighted by atomic mass is 9.97. The topological polar surface area (TPSA) is 50.4 Å². The molecule has 0 atom stereocenters. The fraction of sp³-hybridized carbons (Fsp3) is 0. The van der Waals surface area contributed by atoms with Crippen LogP contribution in [-0.2, 0) is 0 Å². The van der Waals surface area contributed by atoms with Gasteiger partial charge in [-0.15, -0.1) is 0 Å². The van der Waals surface area contributed by atoms with Crippen LogP contribution in [0.25, 0.3) is 22.5 Å². The van der Waals surface area contributed by atoms with Crippen LogP contribution >= 0.6 is 0 Å². The maximum absolute atomic E-state index is 11.3. The van der Waals surface area contributed by atoms with Crippen molar-refractivity contribution in [2.24, 2.45) is 0 Å². The molecule has 0 amide bonds. The maximum atomic E-state index is 11.3. The van der Waals surface area contributed by atoms with Crippen LogP contribution < -0.4 is 0 Å². The van der Waals surface area contributed by atoms with Crippen LogP contribution in [0, 0.1) is 0 Å². The average Bonchev–Trinajstić information content (AvgIpc) is 3.01. The molecule has 1 aromatic heterocycles. The van der Waals surface area contributed by atoms with Gasteiger partial charge in [-0.3, -0.25) is 0 Å². The number of rotatable bonds is 3. The molecule has 3 nitrogen and oxygen atoms in total. The van der Waals surface area contributed by atoms with Crippen molar-refractivity contribution in [3.63, 3.8) is 0 Å². The van der Waals surface area contributed by atoms with E-state index in [-0.39, 0.29) is 0 Å². The highest BCUT2D eigenvalue weighted by molar-refractivity contribution is 5.96. The molecule has 3 heteroatoms. The second-order valence-electron chi connectivity index (χ2n) is 4.41. The summed E-state index contributed by atoms with van der Waals surface area (Å²) in [6.07, 6.45) is 1.62. The lowest BCUT2D eigenvalue weighted by Gasteiger charge is -2.07. The van der Waals surface area contributed by atoms with Crippen LogP contribution in [0.4, 0.5) is 0 Å². The van der Waals surface area contributed by atoms with Crippen LogP contribution in [0.5, 0.6) is 0 Å². The largest absolute Gasteiger partial charge is 0.478 e. The van der Waals surface area contributed by atoms with Crippen molar-refractivity contribution >= 4 is 5.97 Å². The van der Waals surface area contributed by atoms with E-state index in [1.807, 2.05) is 48.5 Å². The highest BCUT2D eigenvalue weighted by Gasteiger charge is 2.11. The van der Waals surface area contributed by atoms with Crippen molar-refractivity contribution in [2.75, 3.05) is 0 Å². The lowest BCUT2D eigenvalue weighted by Crippen LogP contribution is -1.98. The molecule has 0 radical (unpaired) electrons. The molecule has 98 valence electrons. The van der Waals surface area contributed by atoms with Gasteiger partial charge in [0.05, 0.1) is 11.8 Å². The van der Waals surface area contributed by atoms with E-state index in [1.54, 1.807) is 18.4 Å². The number of benzene rings is 2. The van der Waals surface area contributed by atoms with Gasteiger partial charge < -0.3 is 9.52 Å². The van der Waals surface area contributed by atoms with Gasteiger partial charge in [-0.2, -0.15) is 0 Å². The fourth-order valence-electron chi connectivity index (χ4n) is 2.20. The molecule has 20 heavy (non-hydrogen) atoms. The summed E-state index contributed by atoms with van der Waals surface area (Å²) >= 11 is 0. The summed E-state index contributed by atoms with van der Waals surface area (Å²) in [5.74, 6) is -0.163. The molecule has 0 aliphatic rings. The van der Waals surface area contributed by atoms with Crippen LogP contribution in [0.2, 0.25) is 0 Å². The molecule has 0 saturated carbocycles. The molecular formula is C17H12O3. The molecule has 1 heterocycles. The van der Waals surface area contributed by atoms with Crippen molar-refractivity contribution in [1.82, 2.24) is 0 Å². The Balaban J connectivity index is 2.12. The number of aromatic carboxylic acids is 1. The Hall–Kier alpha value is -2.81. The zero-order chi connectivity index (χ0) is 13.9. The Morgan fingerprint density at radius 1 is 0.900 bits per heavy atom. The van der Waals surface area contributed by atoms with Crippen LogP contribution in [0.3, 0.4) is 0 Å².